The largest absolute Gasteiger partial charge is 0.508 e. The minimum Gasteiger partial charge on any atom is -0.508 e. The number of phenols is 2. The highest BCUT2D eigenvalue weighted by Crippen LogP contribution is 2.33. The quantitative estimate of drug-likeness (QED) is 0.390. The highest BCUT2D eigenvalue weighted by Gasteiger charge is 2.22. The number of benzene rings is 4. The Hall–Kier alpha value is -4.08. The summed E-state index contributed by atoms with van der Waals surface area (Å²) >= 11 is 0. The van der Waals surface area contributed by atoms with Crippen molar-refractivity contribution in [1.29, 1.82) is 0 Å². The van der Waals surface area contributed by atoms with Gasteiger partial charge in [-0.3, -0.25) is 0 Å². The summed E-state index contributed by atoms with van der Waals surface area (Å²) in [4.78, 5) is 14.5. The van der Waals surface area contributed by atoms with E-state index in [2.05, 4.69) is 24.3 Å². The van der Waals surface area contributed by atoms with E-state index in [4.69, 9.17) is 15.0 Å². The zero-order chi connectivity index (χ0) is 22.6. The lowest BCUT2D eigenvalue weighted by atomic mass is 10.2. The van der Waals surface area contributed by atoms with Crippen LogP contribution in [0.25, 0.3) is 22.8 Å². The van der Waals surface area contributed by atoms with Gasteiger partial charge in [-0.15, -0.1) is 0 Å². The molecule has 160 valence electrons. The molecular formula is C27H20N3O2P. The van der Waals surface area contributed by atoms with Crippen molar-refractivity contribution in [3.8, 4) is 34.3 Å². The minimum absolute atomic E-state index is 0.183. The summed E-state index contributed by atoms with van der Waals surface area (Å²) in [5.74, 6) is 1.43. The van der Waals surface area contributed by atoms with Crippen molar-refractivity contribution in [2.75, 3.05) is 0 Å². The van der Waals surface area contributed by atoms with E-state index in [-0.39, 0.29) is 11.5 Å². The van der Waals surface area contributed by atoms with Crippen molar-refractivity contribution in [2.24, 2.45) is 0 Å². The molecule has 0 spiro atoms. The molecule has 6 heteroatoms. The van der Waals surface area contributed by atoms with Crippen LogP contribution in [0, 0.1) is 0 Å². The van der Waals surface area contributed by atoms with Gasteiger partial charge < -0.3 is 10.2 Å². The Kier molecular flexibility index (Phi) is 5.79. The van der Waals surface area contributed by atoms with Gasteiger partial charge in [-0.25, -0.2) is 15.0 Å². The number of nitrogens with zero attached hydrogens (tertiary/aromatic N) is 3. The van der Waals surface area contributed by atoms with Gasteiger partial charge in [0.2, 0.25) is 0 Å². The third-order valence-electron chi connectivity index (χ3n) is 5.10. The van der Waals surface area contributed by atoms with Gasteiger partial charge in [0, 0.05) is 19.0 Å². The summed E-state index contributed by atoms with van der Waals surface area (Å²) in [6, 6.07) is 34.2. The molecule has 5 aromatic rings. The predicted octanol–water partition coefficient (Wildman–Crippen LogP) is 4.38. The third kappa shape index (κ3) is 4.59. The van der Waals surface area contributed by atoms with Crippen LogP contribution in [0.3, 0.4) is 0 Å². The minimum atomic E-state index is -1.03. The van der Waals surface area contributed by atoms with Crippen molar-refractivity contribution in [3.63, 3.8) is 0 Å². The van der Waals surface area contributed by atoms with Crippen LogP contribution in [0.5, 0.6) is 11.5 Å². The standard InChI is InChI=1S/C27H20N3O2P/c31-21-15-11-19(12-16-21)25-28-26(20-13-17-22(32)18-14-20)30-27(29-25)33(23-7-3-1-4-8-23)24-9-5-2-6-10-24/h1-18,31-32H. The van der Waals surface area contributed by atoms with Gasteiger partial charge in [-0.05, 0) is 59.1 Å². The lowest BCUT2D eigenvalue weighted by Gasteiger charge is -2.18. The molecule has 0 atom stereocenters. The normalized spacial score (nSPS) is 10.9. The fourth-order valence-corrected chi connectivity index (χ4v) is 5.57. The van der Waals surface area contributed by atoms with Gasteiger partial charge in [0.1, 0.15) is 11.5 Å². The molecule has 0 saturated carbocycles. The summed E-state index contributed by atoms with van der Waals surface area (Å²) in [7, 11) is -1.03. The van der Waals surface area contributed by atoms with E-state index in [1.165, 1.54) is 0 Å². The maximum Gasteiger partial charge on any atom is 0.164 e. The first kappa shape index (κ1) is 20.8. The van der Waals surface area contributed by atoms with Crippen LogP contribution in [0.15, 0.2) is 109 Å². The van der Waals surface area contributed by atoms with Crippen molar-refractivity contribution < 1.29 is 10.2 Å². The summed E-state index contributed by atoms with van der Waals surface area (Å²) in [5, 5.41) is 21.7. The first-order valence-electron chi connectivity index (χ1n) is 10.4. The van der Waals surface area contributed by atoms with E-state index in [0.29, 0.717) is 17.2 Å². The molecule has 0 aliphatic rings. The summed E-state index contributed by atoms with van der Waals surface area (Å²) in [5.41, 5.74) is 2.25. The van der Waals surface area contributed by atoms with Crippen molar-refractivity contribution in [2.45, 2.75) is 0 Å². The Bertz CT molecular complexity index is 1260. The lowest BCUT2D eigenvalue weighted by molar-refractivity contribution is 0.475. The van der Waals surface area contributed by atoms with Crippen LogP contribution < -0.4 is 16.2 Å². The molecule has 0 aliphatic carbocycles. The Morgan fingerprint density at radius 2 is 0.848 bits per heavy atom. The fraction of sp³-hybridized carbons (Fsp3) is 0. The molecule has 4 aromatic carbocycles. The van der Waals surface area contributed by atoms with Crippen LogP contribution in [-0.4, -0.2) is 25.2 Å². The molecule has 2 N–H and O–H groups in total. The molecule has 0 bridgehead atoms. The van der Waals surface area contributed by atoms with Crippen LogP contribution >= 0.6 is 7.92 Å². The van der Waals surface area contributed by atoms with Crippen molar-refractivity contribution >= 4 is 24.1 Å². The zero-order valence-corrected chi connectivity index (χ0v) is 18.5. The van der Waals surface area contributed by atoms with Crippen molar-refractivity contribution in [3.05, 3.63) is 109 Å². The van der Waals surface area contributed by atoms with E-state index in [1.54, 1.807) is 48.5 Å². The van der Waals surface area contributed by atoms with Gasteiger partial charge in [0.05, 0.1) is 0 Å². The smallest absolute Gasteiger partial charge is 0.164 e. The van der Waals surface area contributed by atoms with Crippen LogP contribution in [0.1, 0.15) is 0 Å². The Labute approximate surface area is 192 Å². The van der Waals surface area contributed by atoms with Gasteiger partial charge in [0.15, 0.2) is 17.2 Å². The molecule has 0 saturated heterocycles. The number of rotatable bonds is 5. The summed E-state index contributed by atoms with van der Waals surface area (Å²) < 4.78 is 0. The summed E-state index contributed by atoms with van der Waals surface area (Å²) in [6.07, 6.45) is 0. The second-order valence-corrected chi connectivity index (χ2v) is 9.49. The summed E-state index contributed by atoms with van der Waals surface area (Å²) in [6.45, 7) is 0. The number of phenolic OH excluding ortho intramolecular Hbond substituents is 2. The van der Waals surface area contributed by atoms with Gasteiger partial charge >= 0.3 is 0 Å². The molecule has 0 fully saturated rings. The van der Waals surface area contributed by atoms with E-state index in [1.807, 2.05) is 36.4 Å². The van der Waals surface area contributed by atoms with E-state index < -0.39 is 7.92 Å². The van der Waals surface area contributed by atoms with Crippen molar-refractivity contribution in [1.82, 2.24) is 15.0 Å². The number of aromatic nitrogens is 3. The molecule has 1 aromatic heterocycles. The molecule has 1 heterocycles. The van der Waals surface area contributed by atoms with E-state index in [0.717, 1.165) is 21.7 Å². The van der Waals surface area contributed by atoms with E-state index in [9.17, 15) is 10.2 Å². The Morgan fingerprint density at radius 3 is 1.24 bits per heavy atom. The predicted molar refractivity (Wildman–Crippen MR) is 133 cm³/mol. The molecule has 5 rings (SSSR count). The zero-order valence-electron chi connectivity index (χ0n) is 17.6. The molecule has 33 heavy (non-hydrogen) atoms. The van der Waals surface area contributed by atoms with E-state index >= 15 is 0 Å². The second kappa shape index (κ2) is 9.19. The van der Waals surface area contributed by atoms with Crippen LogP contribution in [0.4, 0.5) is 0 Å². The first-order valence-corrected chi connectivity index (χ1v) is 11.8. The van der Waals surface area contributed by atoms with Crippen LogP contribution in [0.2, 0.25) is 0 Å². The SMILES string of the molecule is Oc1ccc(-c2nc(-c3ccc(O)cc3)nc(P(c3ccccc3)c3ccccc3)n2)cc1. The first-order chi connectivity index (χ1) is 16.2. The average molecular weight is 449 g/mol. The molecule has 0 amide bonds. The fourth-order valence-electron chi connectivity index (χ4n) is 3.48. The number of aromatic hydroxyl groups is 2. The maximum atomic E-state index is 9.73. The van der Waals surface area contributed by atoms with Gasteiger partial charge in [-0.2, -0.15) is 0 Å². The van der Waals surface area contributed by atoms with Crippen LogP contribution in [-0.2, 0) is 0 Å². The maximum absolute atomic E-state index is 9.73. The highest BCUT2D eigenvalue weighted by molar-refractivity contribution is 7.79. The Balaban J connectivity index is 1.73. The topological polar surface area (TPSA) is 79.1 Å². The second-order valence-electron chi connectivity index (χ2n) is 7.38. The molecule has 0 aliphatic heterocycles. The van der Waals surface area contributed by atoms with Gasteiger partial charge in [0.25, 0.3) is 0 Å². The highest BCUT2D eigenvalue weighted by atomic mass is 31.1. The monoisotopic (exact) mass is 449 g/mol. The van der Waals surface area contributed by atoms with Gasteiger partial charge in [-0.1, -0.05) is 60.7 Å². The number of hydrogen-bond acceptors (Lipinski definition) is 5. The average Bonchev–Trinajstić information content (AvgIpc) is 2.86. The number of hydrogen-bond donors (Lipinski definition) is 2. The molecule has 0 unspecified atom stereocenters. The Morgan fingerprint density at radius 1 is 0.455 bits per heavy atom. The molecule has 0 radical (unpaired) electrons. The molecule has 5 nitrogen and oxygen atoms in total. The molecular weight excluding hydrogens is 429 g/mol. The lowest BCUT2D eigenvalue weighted by Crippen LogP contribution is -2.26. The third-order valence-corrected chi connectivity index (χ3v) is 7.33.